The van der Waals surface area contributed by atoms with Crippen molar-refractivity contribution in [2.24, 2.45) is 0 Å². The fraction of sp³-hybridized carbons (Fsp3) is 0. The molecule has 0 unspecified atom stereocenters. The molecule has 86 valence electrons. The van der Waals surface area contributed by atoms with Gasteiger partial charge in [0.05, 0.1) is 4.92 Å². The van der Waals surface area contributed by atoms with E-state index in [2.05, 4.69) is 10.2 Å². The topological polar surface area (TPSA) is 68.9 Å². The summed E-state index contributed by atoms with van der Waals surface area (Å²) in [6.45, 7) is 0. The van der Waals surface area contributed by atoms with Gasteiger partial charge in [-0.3, -0.25) is 10.1 Å². The van der Waals surface area contributed by atoms with Gasteiger partial charge in [0, 0.05) is 17.0 Å². The van der Waals surface area contributed by atoms with Crippen molar-refractivity contribution in [3.63, 3.8) is 0 Å². The minimum Gasteiger partial charge on any atom is -0.258 e. The molecule has 0 aliphatic carbocycles. The Bertz CT molecular complexity index is 530. The van der Waals surface area contributed by atoms with Crippen molar-refractivity contribution in [1.29, 1.82) is 0 Å². The van der Waals surface area contributed by atoms with Crippen molar-refractivity contribution >= 4 is 29.1 Å². The highest BCUT2D eigenvalue weighted by molar-refractivity contribution is 7.99. The van der Waals surface area contributed by atoms with Crippen molar-refractivity contribution in [1.82, 2.24) is 10.2 Å². The molecule has 0 bridgehead atoms. The second-order valence-electron chi connectivity index (χ2n) is 3.05. The van der Waals surface area contributed by atoms with Crippen LogP contribution in [0.1, 0.15) is 0 Å². The lowest BCUT2D eigenvalue weighted by atomic mass is 10.3. The zero-order chi connectivity index (χ0) is 12.3. The summed E-state index contributed by atoms with van der Waals surface area (Å²) < 4.78 is 0. The molecule has 0 aliphatic heterocycles. The molecule has 0 fully saturated rings. The standard InChI is InChI=1S/C10H6ClN3O2S/c11-9-5-6-10(13-12-9)17-8-3-1-7(2-4-8)14(15)16/h1-6H. The second-order valence-corrected chi connectivity index (χ2v) is 4.53. The maximum absolute atomic E-state index is 10.5. The van der Waals surface area contributed by atoms with Crippen LogP contribution in [-0.4, -0.2) is 15.1 Å². The summed E-state index contributed by atoms with van der Waals surface area (Å²) in [6.07, 6.45) is 0. The first-order valence-electron chi connectivity index (χ1n) is 4.57. The van der Waals surface area contributed by atoms with Gasteiger partial charge in [0.1, 0.15) is 5.03 Å². The molecule has 7 heteroatoms. The van der Waals surface area contributed by atoms with Crippen molar-refractivity contribution in [2.45, 2.75) is 9.92 Å². The average molecular weight is 268 g/mol. The van der Waals surface area contributed by atoms with Gasteiger partial charge in [-0.1, -0.05) is 23.4 Å². The number of rotatable bonds is 3. The number of non-ortho nitro benzene ring substituents is 1. The fourth-order valence-corrected chi connectivity index (χ4v) is 1.95. The van der Waals surface area contributed by atoms with E-state index in [9.17, 15) is 10.1 Å². The van der Waals surface area contributed by atoms with E-state index in [0.717, 1.165) is 4.90 Å². The van der Waals surface area contributed by atoms with Gasteiger partial charge in [-0.15, -0.1) is 10.2 Å². The molecule has 0 atom stereocenters. The van der Waals surface area contributed by atoms with Gasteiger partial charge in [-0.2, -0.15) is 0 Å². The molecule has 0 saturated heterocycles. The zero-order valence-electron chi connectivity index (χ0n) is 8.41. The molecule has 0 N–H and O–H groups in total. The van der Waals surface area contributed by atoms with Crippen molar-refractivity contribution in [3.05, 3.63) is 51.7 Å². The van der Waals surface area contributed by atoms with Crippen LogP contribution < -0.4 is 0 Å². The Kier molecular flexibility index (Phi) is 3.55. The first-order chi connectivity index (χ1) is 8.15. The molecule has 0 aliphatic rings. The van der Waals surface area contributed by atoms with E-state index < -0.39 is 4.92 Å². The molecular formula is C10H6ClN3O2S. The van der Waals surface area contributed by atoms with Crippen LogP contribution in [0.2, 0.25) is 5.15 Å². The number of benzene rings is 1. The zero-order valence-corrected chi connectivity index (χ0v) is 9.98. The van der Waals surface area contributed by atoms with Crippen molar-refractivity contribution in [2.75, 3.05) is 0 Å². The molecule has 2 rings (SSSR count). The van der Waals surface area contributed by atoms with Gasteiger partial charge in [0.25, 0.3) is 5.69 Å². The predicted molar refractivity (Wildman–Crippen MR) is 64.3 cm³/mol. The third-order valence-corrected chi connectivity index (χ3v) is 3.01. The molecule has 1 aromatic carbocycles. The first-order valence-corrected chi connectivity index (χ1v) is 5.76. The Hall–Kier alpha value is -1.66. The van der Waals surface area contributed by atoms with E-state index in [1.807, 2.05) is 0 Å². The smallest absolute Gasteiger partial charge is 0.258 e. The first kappa shape index (κ1) is 11.8. The molecule has 17 heavy (non-hydrogen) atoms. The van der Waals surface area contributed by atoms with Crippen LogP contribution >= 0.6 is 23.4 Å². The minimum atomic E-state index is -0.434. The lowest BCUT2D eigenvalue weighted by Gasteiger charge is -1.99. The summed E-state index contributed by atoms with van der Waals surface area (Å²) in [6, 6.07) is 9.61. The summed E-state index contributed by atoms with van der Waals surface area (Å²) in [7, 11) is 0. The number of nitro groups is 1. The van der Waals surface area contributed by atoms with Crippen LogP contribution in [0, 0.1) is 10.1 Å². The van der Waals surface area contributed by atoms with Gasteiger partial charge in [-0.25, -0.2) is 0 Å². The molecular weight excluding hydrogens is 262 g/mol. The molecule has 0 saturated carbocycles. The quantitative estimate of drug-likeness (QED) is 0.631. The van der Waals surface area contributed by atoms with Crippen LogP contribution in [0.15, 0.2) is 46.3 Å². The van der Waals surface area contributed by atoms with Crippen LogP contribution in [0.4, 0.5) is 5.69 Å². The number of aromatic nitrogens is 2. The number of hydrogen-bond donors (Lipinski definition) is 0. The summed E-state index contributed by atoms with van der Waals surface area (Å²) in [4.78, 5) is 10.9. The van der Waals surface area contributed by atoms with E-state index in [-0.39, 0.29) is 5.69 Å². The van der Waals surface area contributed by atoms with Crippen LogP contribution in [-0.2, 0) is 0 Å². The SMILES string of the molecule is O=[N+]([O-])c1ccc(Sc2ccc(Cl)nn2)cc1. The van der Waals surface area contributed by atoms with E-state index >= 15 is 0 Å². The summed E-state index contributed by atoms with van der Waals surface area (Å²) in [5.41, 5.74) is 0.0662. The summed E-state index contributed by atoms with van der Waals surface area (Å²) >= 11 is 6.97. The minimum absolute atomic E-state index is 0.0662. The number of nitro benzene ring substituents is 1. The molecule has 0 amide bonds. The lowest BCUT2D eigenvalue weighted by molar-refractivity contribution is -0.384. The Labute approximate surface area is 106 Å². The molecule has 0 spiro atoms. The van der Waals surface area contributed by atoms with E-state index in [0.29, 0.717) is 10.2 Å². The van der Waals surface area contributed by atoms with Gasteiger partial charge < -0.3 is 0 Å². The third-order valence-electron chi connectivity index (χ3n) is 1.88. The predicted octanol–water partition coefficient (Wildman–Crippen LogP) is 3.19. The Morgan fingerprint density at radius 2 is 1.82 bits per heavy atom. The molecule has 5 nitrogen and oxygen atoms in total. The third kappa shape index (κ3) is 3.15. The molecule has 1 aromatic heterocycles. The van der Waals surface area contributed by atoms with Crippen LogP contribution in [0.5, 0.6) is 0 Å². The number of nitrogens with zero attached hydrogens (tertiary/aromatic N) is 3. The Morgan fingerprint density at radius 1 is 1.12 bits per heavy atom. The maximum atomic E-state index is 10.5. The summed E-state index contributed by atoms with van der Waals surface area (Å²) in [5.74, 6) is 0. The Morgan fingerprint density at radius 3 is 2.35 bits per heavy atom. The monoisotopic (exact) mass is 267 g/mol. The van der Waals surface area contributed by atoms with E-state index in [1.165, 1.54) is 23.9 Å². The molecule has 1 heterocycles. The molecule has 2 aromatic rings. The van der Waals surface area contributed by atoms with Gasteiger partial charge in [-0.05, 0) is 24.3 Å². The maximum Gasteiger partial charge on any atom is 0.269 e. The van der Waals surface area contributed by atoms with Gasteiger partial charge in [0.2, 0.25) is 0 Å². The normalized spacial score (nSPS) is 10.2. The van der Waals surface area contributed by atoms with Crippen LogP contribution in [0.3, 0.4) is 0 Å². The molecule has 0 radical (unpaired) electrons. The summed E-state index contributed by atoms with van der Waals surface area (Å²) in [5, 5.41) is 19.1. The largest absolute Gasteiger partial charge is 0.269 e. The van der Waals surface area contributed by atoms with Crippen LogP contribution in [0.25, 0.3) is 0 Å². The Balaban J connectivity index is 2.13. The number of hydrogen-bond acceptors (Lipinski definition) is 5. The van der Waals surface area contributed by atoms with Gasteiger partial charge in [0.15, 0.2) is 5.15 Å². The van der Waals surface area contributed by atoms with Crippen molar-refractivity contribution < 1.29 is 4.92 Å². The number of halogens is 1. The van der Waals surface area contributed by atoms with Gasteiger partial charge >= 0.3 is 0 Å². The highest BCUT2D eigenvalue weighted by atomic mass is 35.5. The highest BCUT2D eigenvalue weighted by Crippen LogP contribution is 2.27. The van der Waals surface area contributed by atoms with Crippen molar-refractivity contribution in [3.8, 4) is 0 Å². The average Bonchev–Trinajstić information content (AvgIpc) is 2.33. The fourth-order valence-electron chi connectivity index (χ4n) is 1.11. The highest BCUT2D eigenvalue weighted by Gasteiger charge is 2.05. The van der Waals surface area contributed by atoms with E-state index in [4.69, 9.17) is 11.6 Å². The second kappa shape index (κ2) is 5.11. The lowest BCUT2D eigenvalue weighted by Crippen LogP contribution is -1.87. The van der Waals surface area contributed by atoms with E-state index in [1.54, 1.807) is 24.3 Å².